The van der Waals surface area contributed by atoms with E-state index in [-0.39, 0.29) is 18.3 Å². The maximum Gasteiger partial charge on any atom is 0.495 e. The summed E-state index contributed by atoms with van der Waals surface area (Å²) in [5, 5.41) is 7.80. The summed E-state index contributed by atoms with van der Waals surface area (Å²) in [6, 6.07) is 1.92. The average Bonchev–Trinajstić information content (AvgIpc) is 2.81. The van der Waals surface area contributed by atoms with Gasteiger partial charge in [0.25, 0.3) is 0 Å². The molecule has 0 aromatic carbocycles. The van der Waals surface area contributed by atoms with Gasteiger partial charge in [-0.2, -0.15) is 5.10 Å². The summed E-state index contributed by atoms with van der Waals surface area (Å²) in [7, 11) is -0.377. The fraction of sp³-hybridized carbons (Fsp3) is 0.500. The first-order valence-electron chi connectivity index (χ1n) is 6.04. The second-order valence-electron chi connectivity index (χ2n) is 5.62. The Morgan fingerprint density at radius 2 is 1.83 bits per heavy atom. The lowest BCUT2D eigenvalue weighted by Crippen LogP contribution is -2.41. The summed E-state index contributed by atoms with van der Waals surface area (Å²) in [6.45, 7) is 8.17. The van der Waals surface area contributed by atoms with Crippen molar-refractivity contribution in [1.29, 1.82) is 0 Å². The van der Waals surface area contributed by atoms with Crippen LogP contribution in [0.2, 0.25) is 0 Å². The third-order valence-corrected chi connectivity index (χ3v) is 3.90. The van der Waals surface area contributed by atoms with Crippen LogP contribution < -0.4 is 5.46 Å². The van der Waals surface area contributed by atoms with Gasteiger partial charge in [-0.05, 0) is 39.2 Å². The molecule has 6 heteroatoms. The van der Waals surface area contributed by atoms with Crippen LogP contribution in [0.3, 0.4) is 0 Å². The zero-order valence-electron chi connectivity index (χ0n) is 11.0. The van der Waals surface area contributed by atoms with Crippen molar-refractivity contribution < 1.29 is 9.31 Å². The number of aromatic nitrogens is 3. The molecule has 18 heavy (non-hydrogen) atoms. The molecule has 3 heterocycles. The number of pyridine rings is 1. The van der Waals surface area contributed by atoms with Crippen LogP contribution >= 0.6 is 0 Å². The Labute approximate surface area is 106 Å². The van der Waals surface area contributed by atoms with Gasteiger partial charge in [0.1, 0.15) is 0 Å². The smallest absolute Gasteiger partial charge is 0.399 e. The topological polar surface area (TPSA) is 60.0 Å². The van der Waals surface area contributed by atoms with E-state index in [4.69, 9.17) is 9.31 Å². The average molecular weight is 245 g/mol. The summed E-state index contributed by atoms with van der Waals surface area (Å²) in [4.78, 5) is 4.22. The zero-order chi connectivity index (χ0) is 13.0. The van der Waals surface area contributed by atoms with Gasteiger partial charge in [-0.25, -0.2) is 4.98 Å². The standard InChI is InChI=1S/C12H16BN3O2/c1-11(2)12(3,4)18-13(17-11)9-5-6-14-10-8(9)7-15-16-10/h5-7H,1-4H3,(H,14,15,16). The fourth-order valence-electron chi connectivity index (χ4n) is 2.05. The molecule has 2 aromatic heterocycles. The van der Waals surface area contributed by atoms with E-state index in [2.05, 4.69) is 15.2 Å². The van der Waals surface area contributed by atoms with Crippen molar-refractivity contribution >= 4 is 23.6 Å². The Morgan fingerprint density at radius 3 is 2.50 bits per heavy atom. The summed E-state index contributed by atoms with van der Waals surface area (Å²) in [5.74, 6) is 0. The molecule has 0 aliphatic carbocycles. The van der Waals surface area contributed by atoms with E-state index in [0.717, 1.165) is 16.5 Å². The van der Waals surface area contributed by atoms with Gasteiger partial charge in [-0.3, -0.25) is 5.10 Å². The summed E-state index contributed by atoms with van der Waals surface area (Å²) in [5.41, 5.74) is 1.04. The highest BCUT2D eigenvalue weighted by Gasteiger charge is 2.52. The van der Waals surface area contributed by atoms with Gasteiger partial charge in [0, 0.05) is 11.6 Å². The first-order chi connectivity index (χ1) is 8.41. The highest BCUT2D eigenvalue weighted by Crippen LogP contribution is 2.36. The van der Waals surface area contributed by atoms with Crippen LogP contribution in [0, 0.1) is 0 Å². The molecule has 2 aromatic rings. The van der Waals surface area contributed by atoms with Crippen molar-refractivity contribution in [3.8, 4) is 0 Å². The largest absolute Gasteiger partial charge is 0.495 e. The monoisotopic (exact) mass is 245 g/mol. The molecule has 0 bridgehead atoms. The van der Waals surface area contributed by atoms with Crippen LogP contribution in [0.5, 0.6) is 0 Å². The summed E-state index contributed by atoms with van der Waals surface area (Å²) in [6.07, 6.45) is 3.49. The number of nitrogens with zero attached hydrogens (tertiary/aromatic N) is 2. The molecule has 1 N–H and O–H groups in total. The molecule has 0 atom stereocenters. The number of H-pyrrole nitrogens is 1. The lowest BCUT2D eigenvalue weighted by Gasteiger charge is -2.32. The minimum atomic E-state index is -0.377. The van der Waals surface area contributed by atoms with E-state index >= 15 is 0 Å². The van der Waals surface area contributed by atoms with Gasteiger partial charge in [0.05, 0.1) is 17.4 Å². The minimum Gasteiger partial charge on any atom is -0.399 e. The van der Waals surface area contributed by atoms with Gasteiger partial charge in [0.2, 0.25) is 0 Å². The molecule has 1 aliphatic heterocycles. The molecule has 1 saturated heterocycles. The maximum atomic E-state index is 6.04. The molecule has 0 spiro atoms. The summed E-state index contributed by atoms with van der Waals surface area (Å²) >= 11 is 0. The number of fused-ring (bicyclic) bond motifs is 1. The third-order valence-electron chi connectivity index (χ3n) is 3.90. The highest BCUT2D eigenvalue weighted by atomic mass is 16.7. The Morgan fingerprint density at radius 1 is 1.17 bits per heavy atom. The molecule has 3 rings (SSSR count). The Balaban J connectivity index is 2.05. The van der Waals surface area contributed by atoms with Crippen molar-refractivity contribution in [3.05, 3.63) is 18.5 Å². The molecule has 94 valence electrons. The quantitative estimate of drug-likeness (QED) is 0.768. The van der Waals surface area contributed by atoms with Gasteiger partial charge < -0.3 is 9.31 Å². The van der Waals surface area contributed by atoms with Crippen molar-refractivity contribution in [3.63, 3.8) is 0 Å². The highest BCUT2D eigenvalue weighted by molar-refractivity contribution is 6.65. The van der Waals surface area contributed by atoms with Crippen molar-refractivity contribution in [2.24, 2.45) is 0 Å². The molecule has 0 saturated carbocycles. The molecule has 0 radical (unpaired) electrons. The zero-order valence-corrected chi connectivity index (χ0v) is 11.0. The number of nitrogens with one attached hydrogen (secondary N) is 1. The van der Waals surface area contributed by atoms with Gasteiger partial charge in [-0.1, -0.05) is 0 Å². The minimum absolute atomic E-state index is 0.336. The van der Waals surface area contributed by atoms with E-state index in [9.17, 15) is 0 Å². The van der Waals surface area contributed by atoms with Crippen LogP contribution in [0.4, 0.5) is 0 Å². The van der Waals surface area contributed by atoms with Crippen LogP contribution in [-0.2, 0) is 9.31 Å². The maximum absolute atomic E-state index is 6.04. The molecular weight excluding hydrogens is 229 g/mol. The van der Waals surface area contributed by atoms with E-state index in [1.165, 1.54) is 0 Å². The lowest BCUT2D eigenvalue weighted by molar-refractivity contribution is 0.00578. The SMILES string of the molecule is CC1(C)OB(c2ccnc3[nH]ncc23)OC1(C)C. The number of rotatable bonds is 1. The van der Waals surface area contributed by atoms with E-state index in [1.54, 1.807) is 12.4 Å². The molecule has 5 nitrogen and oxygen atoms in total. The number of hydrogen-bond acceptors (Lipinski definition) is 4. The second kappa shape index (κ2) is 3.55. The van der Waals surface area contributed by atoms with Crippen LogP contribution in [0.15, 0.2) is 18.5 Å². The normalized spacial score (nSPS) is 21.7. The first-order valence-corrected chi connectivity index (χ1v) is 6.04. The second-order valence-corrected chi connectivity index (χ2v) is 5.62. The van der Waals surface area contributed by atoms with E-state index < -0.39 is 0 Å². The van der Waals surface area contributed by atoms with Crippen LogP contribution in [0.25, 0.3) is 11.0 Å². The van der Waals surface area contributed by atoms with Crippen molar-refractivity contribution in [2.45, 2.75) is 38.9 Å². The fourth-order valence-corrected chi connectivity index (χ4v) is 2.05. The van der Waals surface area contributed by atoms with Crippen molar-refractivity contribution in [2.75, 3.05) is 0 Å². The number of hydrogen-bond donors (Lipinski definition) is 1. The molecule has 1 fully saturated rings. The predicted octanol–water partition coefficient (Wildman–Crippen LogP) is 1.26. The molecule has 0 amide bonds. The Bertz CT molecular complexity index is 578. The molecule has 1 aliphatic rings. The van der Waals surface area contributed by atoms with Gasteiger partial charge >= 0.3 is 7.12 Å². The number of aromatic amines is 1. The van der Waals surface area contributed by atoms with E-state index in [1.807, 2.05) is 33.8 Å². The van der Waals surface area contributed by atoms with Crippen LogP contribution in [-0.4, -0.2) is 33.5 Å². The predicted molar refractivity (Wildman–Crippen MR) is 69.6 cm³/mol. The Hall–Kier alpha value is -1.40. The lowest BCUT2D eigenvalue weighted by atomic mass is 9.78. The van der Waals surface area contributed by atoms with Crippen molar-refractivity contribution in [1.82, 2.24) is 15.2 Å². The van der Waals surface area contributed by atoms with Crippen LogP contribution in [0.1, 0.15) is 27.7 Å². The molecule has 0 unspecified atom stereocenters. The van der Waals surface area contributed by atoms with Gasteiger partial charge in [-0.15, -0.1) is 0 Å². The molecular formula is C12H16BN3O2. The van der Waals surface area contributed by atoms with E-state index in [0.29, 0.717) is 0 Å². The third kappa shape index (κ3) is 1.56. The first kappa shape index (κ1) is 11.7. The summed E-state index contributed by atoms with van der Waals surface area (Å²) < 4.78 is 12.1. The van der Waals surface area contributed by atoms with Gasteiger partial charge in [0.15, 0.2) is 5.65 Å². The Kier molecular flexibility index (Phi) is 2.31.